The van der Waals surface area contributed by atoms with Gasteiger partial charge in [-0.1, -0.05) is 0 Å². The van der Waals surface area contributed by atoms with Gasteiger partial charge in [0, 0.05) is 18.3 Å². The van der Waals surface area contributed by atoms with Crippen molar-refractivity contribution in [2.45, 2.75) is 12.3 Å². The van der Waals surface area contributed by atoms with Crippen molar-refractivity contribution in [3.8, 4) is 0 Å². The molecule has 1 aromatic carbocycles. The highest BCUT2D eigenvalue weighted by Crippen LogP contribution is 2.15. The Bertz CT molecular complexity index is 485. The Morgan fingerprint density at radius 2 is 2.05 bits per heavy atom. The smallest absolute Gasteiger partial charge is 0.252 e. The second-order valence-electron chi connectivity index (χ2n) is 3.76. The van der Waals surface area contributed by atoms with Crippen molar-refractivity contribution in [2.75, 3.05) is 11.9 Å². The van der Waals surface area contributed by atoms with Crippen LogP contribution in [-0.4, -0.2) is 29.8 Å². The molecule has 1 atom stereocenters. The Labute approximate surface area is 123 Å². The number of hydrogen-bond acceptors (Lipinski definition) is 4. The molecule has 0 aliphatic heterocycles. The van der Waals surface area contributed by atoms with E-state index in [0.717, 1.165) is 0 Å². The van der Waals surface area contributed by atoms with Crippen molar-refractivity contribution in [1.82, 2.24) is 5.32 Å². The lowest BCUT2D eigenvalue weighted by Crippen LogP contribution is -2.28. The first-order valence-corrected chi connectivity index (χ1v) is 6.50. The van der Waals surface area contributed by atoms with Gasteiger partial charge in [0.1, 0.15) is 0 Å². The van der Waals surface area contributed by atoms with E-state index < -0.39 is 0 Å². The molecule has 0 spiro atoms. The third-order valence-corrected chi connectivity index (χ3v) is 2.55. The minimum Gasteiger partial charge on any atom is -0.341 e. The topological polar surface area (TPSA) is 68.5 Å². The number of carbonyl (C=O) groups excluding carboxylic acids is 1. The lowest BCUT2D eigenvalue weighted by Gasteiger charge is -2.17. The number of amides is 1. The predicted molar refractivity (Wildman–Crippen MR) is 86.0 cm³/mol. The van der Waals surface area contributed by atoms with Gasteiger partial charge in [-0.25, -0.2) is 0 Å². The Morgan fingerprint density at radius 1 is 1.47 bits per heavy atom. The molecule has 0 heterocycles. The summed E-state index contributed by atoms with van der Waals surface area (Å²) >= 11 is 8.08. The first-order valence-electron chi connectivity index (χ1n) is 5.53. The molecule has 2 N–H and O–H groups in total. The van der Waals surface area contributed by atoms with Crippen molar-refractivity contribution in [1.29, 1.82) is 5.41 Å². The quantitative estimate of drug-likeness (QED) is 0.297. The average Bonchev–Trinajstić information content (AvgIpc) is 2.35. The Balaban J connectivity index is 2.92. The van der Waals surface area contributed by atoms with Gasteiger partial charge in [0.15, 0.2) is 5.17 Å². The number of benzene rings is 1. The highest BCUT2D eigenvalue weighted by molar-refractivity contribution is 7.97. The molecule has 19 heavy (non-hydrogen) atoms. The fraction of sp³-hybridized carbons (Fsp3) is 0.250. The van der Waals surface area contributed by atoms with E-state index in [9.17, 15) is 4.79 Å². The molecule has 0 aromatic heterocycles. The number of nitrogens with one attached hydrogen (secondary N) is 2. The SMILES string of the molecule is C/N=C\N(C(=N)S)c1ccc(C(=O)NC(C)S)cc1. The van der Waals surface area contributed by atoms with Crippen molar-refractivity contribution in [3.05, 3.63) is 29.8 Å². The maximum absolute atomic E-state index is 11.7. The van der Waals surface area contributed by atoms with Gasteiger partial charge >= 0.3 is 0 Å². The van der Waals surface area contributed by atoms with Gasteiger partial charge in [-0.05, 0) is 31.2 Å². The van der Waals surface area contributed by atoms with E-state index in [1.807, 2.05) is 0 Å². The van der Waals surface area contributed by atoms with Gasteiger partial charge < -0.3 is 5.32 Å². The molecule has 1 rings (SSSR count). The Morgan fingerprint density at radius 3 is 2.47 bits per heavy atom. The fourth-order valence-electron chi connectivity index (χ4n) is 1.41. The molecule has 0 saturated heterocycles. The van der Waals surface area contributed by atoms with Crippen molar-refractivity contribution < 1.29 is 4.79 Å². The maximum atomic E-state index is 11.7. The van der Waals surface area contributed by atoms with Gasteiger partial charge in [0.05, 0.1) is 11.7 Å². The number of nitrogens with zero attached hydrogens (tertiary/aromatic N) is 2. The monoisotopic (exact) mass is 296 g/mol. The average molecular weight is 296 g/mol. The van der Waals surface area contributed by atoms with E-state index in [0.29, 0.717) is 11.3 Å². The van der Waals surface area contributed by atoms with E-state index in [2.05, 4.69) is 35.6 Å². The van der Waals surface area contributed by atoms with E-state index in [-0.39, 0.29) is 16.4 Å². The van der Waals surface area contributed by atoms with Crippen LogP contribution in [0.4, 0.5) is 5.69 Å². The zero-order valence-electron chi connectivity index (χ0n) is 10.7. The third-order valence-electron chi connectivity index (χ3n) is 2.21. The highest BCUT2D eigenvalue weighted by atomic mass is 32.1. The molecule has 1 amide bonds. The summed E-state index contributed by atoms with van der Waals surface area (Å²) in [7, 11) is 1.61. The second kappa shape index (κ2) is 7.20. The molecule has 0 aliphatic carbocycles. The summed E-state index contributed by atoms with van der Waals surface area (Å²) < 4.78 is 0. The fourth-order valence-corrected chi connectivity index (χ4v) is 1.69. The molecule has 5 nitrogen and oxygen atoms in total. The first kappa shape index (κ1) is 15.6. The summed E-state index contributed by atoms with van der Waals surface area (Å²) in [6.07, 6.45) is 1.49. The molecular formula is C12H16N4OS2. The molecule has 0 aliphatic rings. The predicted octanol–water partition coefficient (Wildman–Crippen LogP) is 2.02. The molecule has 1 aromatic rings. The molecule has 1 unspecified atom stereocenters. The van der Waals surface area contributed by atoms with Gasteiger partial charge in [0.25, 0.3) is 5.91 Å². The van der Waals surface area contributed by atoms with Crippen LogP contribution in [0.15, 0.2) is 29.3 Å². The van der Waals surface area contributed by atoms with Crippen LogP contribution in [-0.2, 0) is 0 Å². The van der Waals surface area contributed by atoms with Crippen LogP contribution in [0, 0.1) is 5.41 Å². The summed E-state index contributed by atoms with van der Waals surface area (Å²) in [4.78, 5) is 17.1. The van der Waals surface area contributed by atoms with Crippen molar-refractivity contribution in [2.24, 2.45) is 4.99 Å². The summed E-state index contributed by atoms with van der Waals surface area (Å²) in [5.41, 5.74) is 1.24. The van der Waals surface area contributed by atoms with Crippen LogP contribution < -0.4 is 10.2 Å². The third kappa shape index (κ3) is 4.60. The summed E-state index contributed by atoms with van der Waals surface area (Å²) in [5.74, 6) is -0.189. The van der Waals surface area contributed by atoms with Gasteiger partial charge in [0.2, 0.25) is 0 Å². The molecule has 0 radical (unpaired) electrons. The number of amidine groups is 1. The summed E-state index contributed by atoms with van der Waals surface area (Å²) in [6.45, 7) is 1.77. The van der Waals surface area contributed by atoms with Crippen LogP contribution in [0.3, 0.4) is 0 Å². The van der Waals surface area contributed by atoms with Crippen LogP contribution in [0.5, 0.6) is 0 Å². The van der Waals surface area contributed by atoms with Gasteiger partial charge in [-0.3, -0.25) is 20.1 Å². The van der Waals surface area contributed by atoms with Crippen LogP contribution in [0.2, 0.25) is 0 Å². The highest BCUT2D eigenvalue weighted by Gasteiger charge is 2.10. The normalized spacial score (nSPS) is 12.2. The van der Waals surface area contributed by atoms with E-state index >= 15 is 0 Å². The Hall–Kier alpha value is -1.47. The molecule has 0 saturated carbocycles. The lowest BCUT2D eigenvalue weighted by molar-refractivity contribution is 0.0952. The minimum absolute atomic E-state index is 0.0479. The van der Waals surface area contributed by atoms with Gasteiger partial charge in [-0.15, -0.1) is 12.6 Å². The number of thiol groups is 2. The van der Waals surface area contributed by atoms with Crippen LogP contribution in [0.25, 0.3) is 0 Å². The van der Waals surface area contributed by atoms with Crippen LogP contribution >= 0.6 is 25.3 Å². The number of anilines is 1. The zero-order valence-corrected chi connectivity index (χ0v) is 12.5. The molecule has 102 valence electrons. The molecule has 7 heteroatoms. The first-order chi connectivity index (χ1) is 8.95. The lowest BCUT2D eigenvalue weighted by atomic mass is 10.2. The number of carbonyl (C=O) groups is 1. The van der Waals surface area contributed by atoms with E-state index in [1.54, 1.807) is 38.2 Å². The maximum Gasteiger partial charge on any atom is 0.252 e. The van der Waals surface area contributed by atoms with Crippen molar-refractivity contribution >= 4 is 48.4 Å². The summed E-state index contributed by atoms with van der Waals surface area (Å²) in [6, 6.07) is 6.80. The van der Waals surface area contributed by atoms with Crippen molar-refractivity contribution in [3.63, 3.8) is 0 Å². The summed E-state index contributed by atoms with van der Waals surface area (Å²) in [5, 5.41) is 10.1. The number of aliphatic imine (C=N–C) groups is 1. The second-order valence-corrected chi connectivity index (χ2v) is 4.96. The minimum atomic E-state index is -0.207. The standard InChI is InChI=1S/C12H16N4OS2/c1-8(18)15-11(17)9-3-5-10(6-4-9)16(7-14-2)12(13)19/h3-8,18H,1-2H3,(H2,13,19)(H,15,17)/b14-7-. The molecule has 0 fully saturated rings. The molecule has 0 bridgehead atoms. The number of hydrogen-bond donors (Lipinski definition) is 4. The van der Waals surface area contributed by atoms with E-state index in [1.165, 1.54) is 11.2 Å². The largest absolute Gasteiger partial charge is 0.341 e. The van der Waals surface area contributed by atoms with Crippen LogP contribution in [0.1, 0.15) is 17.3 Å². The molecular weight excluding hydrogens is 280 g/mol. The number of rotatable bonds is 4. The Kier molecular flexibility index (Phi) is 5.91. The zero-order chi connectivity index (χ0) is 14.4. The van der Waals surface area contributed by atoms with Gasteiger partial charge in [-0.2, -0.15) is 12.6 Å². The van der Waals surface area contributed by atoms with E-state index in [4.69, 9.17) is 5.41 Å².